The number of carbonyl (C=O) groups excluding carboxylic acids is 1. The number of Topliss-reactive ketones (excluding diaryl/α,β-unsaturated/α-hetero) is 1. The quantitative estimate of drug-likeness (QED) is 0.608. The Kier molecular flexibility index (Phi) is 3.42. The van der Waals surface area contributed by atoms with Crippen LogP contribution < -0.4 is 0 Å². The highest BCUT2D eigenvalue weighted by molar-refractivity contribution is 5.99. The first-order valence-corrected chi connectivity index (χ1v) is 8.41. The second-order valence-electron chi connectivity index (χ2n) is 7.66. The molecular formula is C20H19NO4. The lowest BCUT2D eigenvalue weighted by Gasteiger charge is -2.28. The molecular weight excluding hydrogens is 318 g/mol. The Labute approximate surface area is 145 Å². The summed E-state index contributed by atoms with van der Waals surface area (Å²) in [5.74, 6) is -0.173. The summed E-state index contributed by atoms with van der Waals surface area (Å²) < 4.78 is 5.67. The predicted octanol–water partition coefficient (Wildman–Crippen LogP) is 4.20. The second kappa shape index (κ2) is 5.41. The molecule has 0 bridgehead atoms. The molecule has 2 aromatic rings. The molecule has 2 aromatic carbocycles. The summed E-state index contributed by atoms with van der Waals surface area (Å²) >= 11 is 0. The molecule has 25 heavy (non-hydrogen) atoms. The molecule has 2 atom stereocenters. The highest BCUT2D eigenvalue weighted by Gasteiger charge is 2.51. The van der Waals surface area contributed by atoms with Crippen LogP contribution in [0.4, 0.5) is 0 Å². The number of benzene rings is 2. The van der Waals surface area contributed by atoms with Gasteiger partial charge >= 0.3 is 6.23 Å². The minimum absolute atomic E-state index is 0.0336. The molecule has 0 aromatic heterocycles. The van der Waals surface area contributed by atoms with Crippen molar-refractivity contribution in [2.24, 2.45) is 5.41 Å². The third-order valence-electron chi connectivity index (χ3n) is 5.08. The van der Waals surface area contributed by atoms with Gasteiger partial charge in [-0.3, -0.25) is 14.9 Å². The van der Waals surface area contributed by atoms with Gasteiger partial charge in [0.25, 0.3) is 0 Å². The first-order chi connectivity index (χ1) is 11.9. The highest BCUT2D eigenvalue weighted by atomic mass is 16.7. The van der Waals surface area contributed by atoms with Crippen molar-refractivity contribution in [3.8, 4) is 0 Å². The normalized spacial score (nSPS) is 25.0. The van der Waals surface area contributed by atoms with E-state index in [-0.39, 0.29) is 11.2 Å². The van der Waals surface area contributed by atoms with Crippen LogP contribution in [0.3, 0.4) is 0 Å². The zero-order valence-corrected chi connectivity index (χ0v) is 14.2. The molecule has 0 radical (unpaired) electrons. The van der Waals surface area contributed by atoms with E-state index in [9.17, 15) is 14.9 Å². The lowest BCUT2D eigenvalue weighted by Crippen LogP contribution is -2.28. The summed E-state index contributed by atoms with van der Waals surface area (Å²) in [6.45, 7) is 3.98. The van der Waals surface area contributed by atoms with Crippen LogP contribution in [0.15, 0.2) is 53.8 Å². The predicted molar refractivity (Wildman–Crippen MR) is 93.6 cm³/mol. The fourth-order valence-electron chi connectivity index (χ4n) is 3.98. The topological polar surface area (TPSA) is 69.4 Å². The van der Waals surface area contributed by atoms with E-state index in [0.29, 0.717) is 24.2 Å². The highest BCUT2D eigenvalue weighted by Crippen LogP contribution is 2.49. The molecule has 4 rings (SSSR count). The minimum atomic E-state index is -1.23. The molecule has 0 N–H and O–H groups in total. The van der Waals surface area contributed by atoms with Crippen molar-refractivity contribution in [1.82, 2.24) is 0 Å². The maximum atomic E-state index is 12.7. The summed E-state index contributed by atoms with van der Waals surface area (Å²) in [5, 5.41) is 13.7. The van der Waals surface area contributed by atoms with Crippen molar-refractivity contribution in [2.75, 3.05) is 0 Å². The van der Waals surface area contributed by atoms with Crippen LogP contribution in [0, 0.1) is 15.5 Å². The maximum absolute atomic E-state index is 12.7. The molecule has 0 saturated heterocycles. The van der Waals surface area contributed by atoms with Crippen LogP contribution in [0.2, 0.25) is 0 Å². The van der Waals surface area contributed by atoms with E-state index in [0.717, 1.165) is 16.3 Å². The van der Waals surface area contributed by atoms with E-state index in [1.165, 1.54) is 0 Å². The van der Waals surface area contributed by atoms with Crippen molar-refractivity contribution in [3.63, 3.8) is 0 Å². The zero-order chi connectivity index (χ0) is 17.8. The lowest BCUT2D eigenvalue weighted by molar-refractivity contribution is -0.570. The summed E-state index contributed by atoms with van der Waals surface area (Å²) in [6.07, 6.45) is -0.282. The first-order valence-electron chi connectivity index (χ1n) is 8.41. The molecule has 0 amide bonds. The largest absolute Gasteiger partial charge is 0.433 e. The maximum Gasteiger partial charge on any atom is 0.364 e. The Balaban J connectivity index is 1.85. The van der Waals surface area contributed by atoms with E-state index >= 15 is 0 Å². The molecule has 1 aliphatic carbocycles. The molecule has 5 nitrogen and oxygen atoms in total. The van der Waals surface area contributed by atoms with E-state index < -0.39 is 17.1 Å². The number of ketones is 1. The van der Waals surface area contributed by atoms with Crippen LogP contribution in [-0.4, -0.2) is 16.9 Å². The molecule has 0 saturated carbocycles. The van der Waals surface area contributed by atoms with Gasteiger partial charge in [-0.25, -0.2) is 0 Å². The fraction of sp³-hybridized carbons (Fsp3) is 0.350. The van der Waals surface area contributed by atoms with Gasteiger partial charge in [-0.1, -0.05) is 56.3 Å². The molecule has 0 unspecified atom stereocenters. The number of rotatable bonds is 2. The molecule has 2 aliphatic rings. The van der Waals surface area contributed by atoms with Crippen LogP contribution >= 0.6 is 0 Å². The van der Waals surface area contributed by atoms with Crippen molar-refractivity contribution in [3.05, 3.63) is 69.5 Å². The van der Waals surface area contributed by atoms with Gasteiger partial charge in [0, 0.05) is 12.8 Å². The van der Waals surface area contributed by atoms with E-state index in [1.807, 2.05) is 56.3 Å². The van der Waals surface area contributed by atoms with E-state index in [1.54, 1.807) is 0 Å². The van der Waals surface area contributed by atoms with Crippen molar-refractivity contribution < 1.29 is 14.5 Å². The smallest absolute Gasteiger partial charge is 0.364 e. The Morgan fingerprint density at radius 3 is 2.56 bits per heavy atom. The average Bonchev–Trinajstić information content (AvgIpc) is 2.93. The van der Waals surface area contributed by atoms with Crippen LogP contribution in [0.25, 0.3) is 10.8 Å². The van der Waals surface area contributed by atoms with Gasteiger partial charge in [-0.05, 0) is 21.8 Å². The average molecular weight is 337 g/mol. The fourth-order valence-corrected chi connectivity index (χ4v) is 3.98. The van der Waals surface area contributed by atoms with Gasteiger partial charge in [0.1, 0.15) is 11.7 Å². The number of nitrogens with zero attached hydrogens (tertiary/aromatic N) is 1. The van der Waals surface area contributed by atoms with Crippen LogP contribution in [0.5, 0.6) is 0 Å². The molecule has 0 fully saturated rings. The van der Waals surface area contributed by atoms with Gasteiger partial charge in [0.15, 0.2) is 5.78 Å². The van der Waals surface area contributed by atoms with Gasteiger partial charge in [0.2, 0.25) is 0 Å². The number of ether oxygens (including phenoxy) is 1. The van der Waals surface area contributed by atoms with Gasteiger partial charge < -0.3 is 4.74 Å². The van der Waals surface area contributed by atoms with Gasteiger partial charge in [-0.2, -0.15) is 0 Å². The number of fused-ring (bicyclic) bond motifs is 1. The second-order valence-corrected chi connectivity index (χ2v) is 7.66. The Hall–Kier alpha value is -2.69. The lowest BCUT2D eigenvalue weighted by atomic mass is 9.73. The Morgan fingerprint density at radius 1 is 1.12 bits per heavy atom. The number of nitro groups is 1. The number of hydrogen-bond donors (Lipinski definition) is 0. The third-order valence-corrected chi connectivity index (χ3v) is 5.08. The first kappa shape index (κ1) is 15.8. The SMILES string of the molecule is CC1(C)CC(=O)C2=C(C1)O[C@@H]([N+](=O)[O-])[C@@H]2c1ccc2ccccc2c1. The van der Waals surface area contributed by atoms with Crippen molar-refractivity contribution in [2.45, 2.75) is 38.8 Å². The zero-order valence-electron chi connectivity index (χ0n) is 14.2. The molecule has 5 heteroatoms. The summed E-state index contributed by atoms with van der Waals surface area (Å²) in [4.78, 5) is 23.9. The van der Waals surface area contributed by atoms with Crippen LogP contribution in [0.1, 0.15) is 38.2 Å². The number of carbonyl (C=O) groups is 1. The van der Waals surface area contributed by atoms with E-state index in [4.69, 9.17) is 4.74 Å². The Morgan fingerprint density at radius 2 is 1.84 bits per heavy atom. The summed E-state index contributed by atoms with van der Waals surface area (Å²) in [5.41, 5.74) is 1.03. The molecule has 1 heterocycles. The third kappa shape index (κ3) is 2.60. The minimum Gasteiger partial charge on any atom is -0.433 e. The summed E-state index contributed by atoms with van der Waals surface area (Å²) in [6, 6.07) is 13.6. The monoisotopic (exact) mass is 337 g/mol. The summed E-state index contributed by atoms with van der Waals surface area (Å²) in [7, 11) is 0. The van der Waals surface area contributed by atoms with Crippen molar-refractivity contribution >= 4 is 16.6 Å². The number of hydrogen-bond acceptors (Lipinski definition) is 4. The number of allylic oxidation sites excluding steroid dienone is 1. The molecule has 0 spiro atoms. The van der Waals surface area contributed by atoms with Crippen LogP contribution in [-0.2, 0) is 9.53 Å². The van der Waals surface area contributed by atoms with Crippen molar-refractivity contribution in [1.29, 1.82) is 0 Å². The molecule has 1 aliphatic heterocycles. The molecule has 128 valence electrons. The van der Waals surface area contributed by atoms with Gasteiger partial charge in [-0.15, -0.1) is 0 Å². The van der Waals surface area contributed by atoms with Gasteiger partial charge in [0.05, 0.1) is 10.5 Å². The van der Waals surface area contributed by atoms with E-state index in [2.05, 4.69) is 0 Å². The Bertz CT molecular complexity index is 928. The standard InChI is InChI=1S/C20H19NO4/c1-20(2)10-15(22)18-16(11-20)25-19(21(23)24)17(18)14-8-7-12-5-3-4-6-13(12)9-14/h3-9,17,19H,10-11H2,1-2H3/t17-,19-/m1/s1.